The van der Waals surface area contributed by atoms with E-state index in [9.17, 15) is 0 Å². The summed E-state index contributed by atoms with van der Waals surface area (Å²) in [5.74, 6) is 0. The maximum absolute atomic E-state index is 3.17. The van der Waals surface area contributed by atoms with E-state index >= 15 is 0 Å². The molecule has 0 nitrogen and oxygen atoms in total. The van der Waals surface area contributed by atoms with Crippen molar-refractivity contribution in [3.63, 3.8) is 0 Å². The molecule has 0 spiro atoms. The molecule has 0 amide bonds. The molecule has 6 aromatic rings. The average molecular weight is 930 g/mol. The smallest absolute Gasteiger partial charge is 1.00 e. The summed E-state index contributed by atoms with van der Waals surface area (Å²) in [5.41, 5.74) is 25.4. The molecule has 1 atom stereocenters. The normalized spacial score (nSPS) is 15.0. The topological polar surface area (TPSA) is 0 Å². The van der Waals surface area contributed by atoms with Gasteiger partial charge in [0.05, 0.1) is 0 Å². The molecule has 1 unspecified atom stereocenters. The second-order valence-electron chi connectivity index (χ2n) is 18.3. The molecule has 0 aromatic heterocycles. The Morgan fingerprint density at radius 1 is 0.403 bits per heavy atom. The third-order valence-electron chi connectivity index (χ3n) is 14.4. The van der Waals surface area contributed by atoms with Crippen LogP contribution in [-0.2, 0) is 39.7 Å². The van der Waals surface area contributed by atoms with Gasteiger partial charge in [-0.1, -0.05) is 0 Å². The van der Waals surface area contributed by atoms with E-state index in [1.54, 1.807) is 0 Å². The van der Waals surface area contributed by atoms with Gasteiger partial charge < -0.3 is 37.2 Å². The third-order valence-corrected chi connectivity index (χ3v) is 22.2. The first-order chi connectivity index (χ1) is 28.0. The van der Waals surface area contributed by atoms with Gasteiger partial charge in [0.1, 0.15) is 0 Å². The molecule has 1 aliphatic carbocycles. The SMILES string of the molecule is CC1=C(C)C(C)([Si](c2ccccc2Cc2c(C)cc(C)cc2C)(c2ccccc2Cc2c(C)cc(C)cc2C)c2ccccc2Cc2c(C)cc(C)cc2C)[C]([Ti+3])=C1C.[Cl-].[Cl-].[Cl-]. The van der Waals surface area contributed by atoms with Crippen molar-refractivity contribution in [2.45, 2.75) is 114 Å². The second-order valence-corrected chi connectivity index (χ2v) is 23.2. The minimum atomic E-state index is -3.17. The van der Waals surface area contributed by atoms with Crippen LogP contribution < -0.4 is 52.8 Å². The number of allylic oxidation sites excluding steroid dienone is 4. The van der Waals surface area contributed by atoms with Gasteiger partial charge in [0, 0.05) is 0 Å². The van der Waals surface area contributed by atoms with Crippen molar-refractivity contribution in [1.29, 1.82) is 0 Å². The zero-order chi connectivity index (χ0) is 42.6. The maximum Gasteiger partial charge on any atom is -1.00 e. The van der Waals surface area contributed by atoms with Crippen molar-refractivity contribution in [3.05, 3.63) is 213 Å². The summed E-state index contributed by atoms with van der Waals surface area (Å²) in [6, 6.07) is 43.3. The molecule has 320 valence electrons. The number of hydrogen-bond donors (Lipinski definition) is 0. The third kappa shape index (κ3) is 8.85. The van der Waals surface area contributed by atoms with E-state index in [1.807, 2.05) is 0 Å². The minimum Gasteiger partial charge on any atom is -1.00 e. The van der Waals surface area contributed by atoms with Gasteiger partial charge in [-0.15, -0.1) is 0 Å². The summed E-state index contributed by atoms with van der Waals surface area (Å²) in [6.45, 7) is 30.5. The molecule has 1 aliphatic rings. The van der Waals surface area contributed by atoms with Gasteiger partial charge >= 0.3 is 372 Å². The molecule has 0 N–H and O–H groups in total. The minimum absolute atomic E-state index is 0. The first-order valence-electron chi connectivity index (χ1n) is 21.6. The van der Waals surface area contributed by atoms with Crippen molar-refractivity contribution < 1.29 is 57.7 Å². The van der Waals surface area contributed by atoms with Gasteiger partial charge in [0.2, 0.25) is 0 Å². The molecule has 0 fully saturated rings. The van der Waals surface area contributed by atoms with Crippen molar-refractivity contribution in [3.8, 4) is 0 Å². The van der Waals surface area contributed by atoms with E-state index in [0.29, 0.717) is 0 Å². The van der Waals surface area contributed by atoms with E-state index in [0.717, 1.165) is 19.3 Å². The molecule has 6 aromatic carbocycles. The molecular weight excluding hydrogens is 867 g/mol. The van der Waals surface area contributed by atoms with E-state index in [2.05, 4.69) is 220 Å². The maximum atomic E-state index is 2.65. The van der Waals surface area contributed by atoms with Crippen LogP contribution in [0.1, 0.15) is 111 Å². The summed E-state index contributed by atoms with van der Waals surface area (Å²) >= 11 is 2.47. The summed E-state index contributed by atoms with van der Waals surface area (Å²) in [6.07, 6.45) is 2.71. The Labute approximate surface area is 405 Å². The molecule has 7 rings (SSSR count). The first-order valence-corrected chi connectivity index (χ1v) is 24.3. The Hall–Kier alpha value is -3.40. The zero-order valence-electron chi connectivity index (χ0n) is 39.1. The Morgan fingerprint density at radius 2 is 0.661 bits per heavy atom. The summed E-state index contributed by atoms with van der Waals surface area (Å²) < 4.78 is 1.52. The zero-order valence-corrected chi connectivity index (χ0v) is 44.0. The fraction of sp³-hybridized carbons (Fsp3) is 0.298. The average Bonchev–Trinajstić information content (AvgIpc) is 3.33. The van der Waals surface area contributed by atoms with Crippen molar-refractivity contribution >= 4 is 23.6 Å². The van der Waals surface area contributed by atoms with Crippen molar-refractivity contribution in [1.82, 2.24) is 0 Å². The van der Waals surface area contributed by atoms with Crippen LogP contribution in [0.5, 0.6) is 0 Å². The standard InChI is InChI=1S/C57H63Si.3ClH.Ti/c1-36-26-39(4)51(40(5)27-36)32-48-20-14-17-23-54(48)58(57(13)35-45(10)46(11)47(57)12,55-24-18-15-21-49(55)33-52-41(6)28-37(2)29-42(52)7)56-25-19-16-22-50(56)34-53-43(8)30-38(3)31-44(53)9;;;;/h14-31H,32-34H2,1-13H3;3*1H;/q;;;;+3/p-3. The summed E-state index contributed by atoms with van der Waals surface area (Å²) in [4.78, 5) is 0. The van der Waals surface area contributed by atoms with Gasteiger partial charge in [-0.05, 0) is 0 Å². The van der Waals surface area contributed by atoms with E-state index < -0.39 is 8.07 Å². The Balaban J connectivity index is 0.00000282. The van der Waals surface area contributed by atoms with E-state index in [-0.39, 0.29) is 42.3 Å². The fourth-order valence-corrected chi connectivity index (χ4v) is 19.5. The number of rotatable bonds is 10. The van der Waals surface area contributed by atoms with Crippen LogP contribution in [0, 0.1) is 62.3 Å². The van der Waals surface area contributed by atoms with E-state index in [4.69, 9.17) is 0 Å². The van der Waals surface area contributed by atoms with Gasteiger partial charge in [-0.2, -0.15) is 0 Å². The number of hydrogen-bond acceptors (Lipinski definition) is 0. The van der Waals surface area contributed by atoms with Crippen LogP contribution in [0.25, 0.3) is 0 Å². The van der Waals surface area contributed by atoms with Crippen molar-refractivity contribution in [2.24, 2.45) is 0 Å². The van der Waals surface area contributed by atoms with Crippen LogP contribution >= 0.6 is 0 Å². The van der Waals surface area contributed by atoms with Crippen LogP contribution in [0.15, 0.2) is 130 Å². The fourth-order valence-electron chi connectivity index (χ4n) is 11.3. The monoisotopic (exact) mass is 928 g/mol. The van der Waals surface area contributed by atoms with Crippen LogP contribution in [0.2, 0.25) is 5.04 Å². The van der Waals surface area contributed by atoms with E-state index in [1.165, 1.54) is 120 Å². The Bertz CT molecular complexity index is 2360. The number of aryl methyl sites for hydroxylation is 9. The molecular formula is C57H63Cl3SiTi. The summed E-state index contributed by atoms with van der Waals surface area (Å²) in [7, 11) is -3.17. The second kappa shape index (κ2) is 20.2. The molecule has 0 heterocycles. The Kier molecular flexibility index (Phi) is 16.7. The first kappa shape index (κ1) is 51.2. The van der Waals surface area contributed by atoms with Gasteiger partial charge in [0.25, 0.3) is 0 Å². The predicted octanol–water partition coefficient (Wildman–Crippen LogP) is 3.65. The van der Waals surface area contributed by atoms with Gasteiger partial charge in [0.15, 0.2) is 0 Å². The van der Waals surface area contributed by atoms with Gasteiger partial charge in [-0.3, -0.25) is 0 Å². The quantitative estimate of drug-likeness (QED) is 0.146. The molecule has 5 heteroatoms. The van der Waals surface area contributed by atoms with Crippen LogP contribution in [0.4, 0.5) is 0 Å². The molecule has 0 radical (unpaired) electrons. The molecule has 0 bridgehead atoms. The number of benzene rings is 6. The summed E-state index contributed by atoms with van der Waals surface area (Å²) in [5, 5.41) is 4.36. The van der Waals surface area contributed by atoms with Gasteiger partial charge in [-0.25, -0.2) is 0 Å². The molecule has 0 aliphatic heterocycles. The molecule has 0 saturated heterocycles. The molecule has 62 heavy (non-hydrogen) atoms. The van der Waals surface area contributed by atoms with Crippen LogP contribution in [-0.4, -0.2) is 8.07 Å². The van der Waals surface area contributed by atoms with Crippen molar-refractivity contribution in [2.75, 3.05) is 0 Å². The van der Waals surface area contributed by atoms with Crippen LogP contribution in [0.3, 0.4) is 0 Å². The molecule has 0 saturated carbocycles. The predicted molar refractivity (Wildman–Crippen MR) is 254 cm³/mol. The number of halogens is 3. The largest absolute Gasteiger partial charge is 1.00 e. The Morgan fingerprint density at radius 3 is 0.903 bits per heavy atom.